The van der Waals surface area contributed by atoms with E-state index >= 15 is 0 Å². The molecule has 0 bridgehead atoms. The monoisotopic (exact) mass is 382 g/mol. The minimum atomic E-state index is -0.963. The zero-order valence-electron chi connectivity index (χ0n) is 15.5. The van der Waals surface area contributed by atoms with Crippen LogP contribution in [0.4, 0.5) is 10.1 Å². The van der Waals surface area contributed by atoms with E-state index < -0.39 is 6.17 Å². The second kappa shape index (κ2) is 8.39. The zero-order valence-corrected chi connectivity index (χ0v) is 15.5. The number of piperidine rings is 1. The number of hydrogen-bond donors (Lipinski definition) is 2. The maximum absolute atomic E-state index is 13.8. The van der Waals surface area contributed by atoms with Gasteiger partial charge in [0.25, 0.3) is 0 Å². The molecule has 2 aromatic heterocycles. The van der Waals surface area contributed by atoms with Gasteiger partial charge in [0.2, 0.25) is 5.91 Å². The summed E-state index contributed by atoms with van der Waals surface area (Å²) < 4.78 is 21.5. The van der Waals surface area contributed by atoms with Crippen LogP contribution in [-0.4, -0.2) is 34.6 Å². The van der Waals surface area contributed by atoms with Gasteiger partial charge in [0.1, 0.15) is 24.2 Å². The van der Waals surface area contributed by atoms with Gasteiger partial charge in [-0.3, -0.25) is 4.79 Å². The second-order valence-corrected chi connectivity index (χ2v) is 7.03. The molecule has 0 saturated carbocycles. The molecule has 2 unspecified atom stereocenters. The van der Waals surface area contributed by atoms with Gasteiger partial charge in [0.05, 0.1) is 5.69 Å². The van der Waals surface area contributed by atoms with Crippen LogP contribution in [0.25, 0.3) is 5.65 Å². The van der Waals surface area contributed by atoms with Crippen molar-refractivity contribution in [1.29, 1.82) is 0 Å². The van der Waals surface area contributed by atoms with Crippen LogP contribution in [0.2, 0.25) is 0 Å². The van der Waals surface area contributed by atoms with Gasteiger partial charge in [0.15, 0.2) is 0 Å². The fraction of sp³-hybridized carbons (Fsp3) is 0.333. The number of benzene rings is 1. The van der Waals surface area contributed by atoms with Crippen molar-refractivity contribution >= 4 is 17.2 Å². The molecule has 3 aromatic rings. The first-order chi connectivity index (χ1) is 13.7. The van der Waals surface area contributed by atoms with Gasteiger partial charge in [-0.15, -0.1) is 0 Å². The molecule has 2 atom stereocenters. The van der Waals surface area contributed by atoms with Crippen molar-refractivity contribution in [3.05, 3.63) is 60.6 Å². The number of aromatic nitrogens is 2. The number of carbonyl (C=O) groups is 1. The predicted molar refractivity (Wildman–Crippen MR) is 105 cm³/mol. The number of alkyl halides is 1. The summed E-state index contributed by atoms with van der Waals surface area (Å²) in [6.07, 6.45) is 3.80. The number of nitrogens with one attached hydrogen (secondary N) is 2. The second-order valence-electron chi connectivity index (χ2n) is 7.03. The minimum Gasteiger partial charge on any atom is -0.487 e. The molecular formula is C21H23FN4O2. The Morgan fingerprint density at radius 2 is 2.14 bits per heavy atom. The molecule has 6 nitrogen and oxygen atoms in total. The number of imidazole rings is 1. The first kappa shape index (κ1) is 18.4. The van der Waals surface area contributed by atoms with Gasteiger partial charge in [-0.2, -0.15) is 0 Å². The van der Waals surface area contributed by atoms with Crippen LogP contribution < -0.4 is 15.4 Å². The van der Waals surface area contributed by atoms with Crippen molar-refractivity contribution in [3.8, 4) is 5.75 Å². The van der Waals surface area contributed by atoms with Crippen molar-refractivity contribution in [2.75, 3.05) is 18.4 Å². The van der Waals surface area contributed by atoms with Crippen LogP contribution in [0.3, 0.4) is 0 Å². The third-order valence-corrected chi connectivity index (χ3v) is 4.93. The number of nitrogens with zero attached hydrogens (tertiary/aromatic N) is 2. The van der Waals surface area contributed by atoms with E-state index in [0.717, 1.165) is 17.9 Å². The molecule has 1 saturated heterocycles. The van der Waals surface area contributed by atoms with E-state index in [1.807, 2.05) is 35.0 Å². The highest BCUT2D eigenvalue weighted by atomic mass is 19.1. The summed E-state index contributed by atoms with van der Waals surface area (Å²) in [7, 11) is 0. The minimum absolute atomic E-state index is 0.159. The largest absolute Gasteiger partial charge is 0.487 e. The van der Waals surface area contributed by atoms with E-state index in [1.54, 1.807) is 24.3 Å². The fourth-order valence-corrected chi connectivity index (χ4v) is 3.40. The van der Waals surface area contributed by atoms with Crippen molar-refractivity contribution < 1.29 is 13.9 Å². The highest BCUT2D eigenvalue weighted by Crippen LogP contribution is 2.21. The number of halogens is 1. The normalized spacial score (nSPS) is 19.5. The Morgan fingerprint density at radius 3 is 2.93 bits per heavy atom. The molecule has 7 heteroatoms. The van der Waals surface area contributed by atoms with E-state index in [4.69, 9.17) is 4.74 Å². The Bertz CT molecular complexity index is 908. The van der Waals surface area contributed by atoms with Crippen molar-refractivity contribution in [2.24, 2.45) is 5.92 Å². The molecule has 0 aliphatic carbocycles. The average Bonchev–Trinajstić information content (AvgIpc) is 3.12. The summed E-state index contributed by atoms with van der Waals surface area (Å²) in [6.45, 7) is 1.45. The molecular weight excluding hydrogens is 359 g/mol. The number of carbonyl (C=O) groups excluding carboxylic acids is 1. The van der Waals surface area contributed by atoms with Gasteiger partial charge < -0.3 is 19.8 Å². The van der Waals surface area contributed by atoms with E-state index in [2.05, 4.69) is 15.6 Å². The lowest BCUT2D eigenvalue weighted by Crippen LogP contribution is -2.39. The van der Waals surface area contributed by atoms with E-state index in [-0.39, 0.29) is 18.2 Å². The number of amides is 1. The Labute approximate surface area is 162 Å². The smallest absolute Gasteiger partial charge is 0.224 e. The van der Waals surface area contributed by atoms with Crippen LogP contribution in [0.5, 0.6) is 5.75 Å². The number of pyridine rings is 1. The van der Waals surface area contributed by atoms with Crippen LogP contribution >= 0.6 is 0 Å². The molecule has 1 aliphatic heterocycles. The highest BCUT2D eigenvalue weighted by molar-refractivity contribution is 5.90. The molecule has 2 N–H and O–H groups in total. The van der Waals surface area contributed by atoms with Crippen molar-refractivity contribution in [2.45, 2.75) is 25.6 Å². The summed E-state index contributed by atoms with van der Waals surface area (Å²) in [6, 6.07) is 13.0. The van der Waals surface area contributed by atoms with Crippen LogP contribution in [0.1, 0.15) is 18.5 Å². The van der Waals surface area contributed by atoms with Gasteiger partial charge in [-0.1, -0.05) is 6.07 Å². The molecule has 1 amide bonds. The quantitative estimate of drug-likeness (QED) is 0.687. The molecule has 4 rings (SSSR count). The van der Waals surface area contributed by atoms with Crippen LogP contribution in [0, 0.1) is 5.92 Å². The van der Waals surface area contributed by atoms with Crippen molar-refractivity contribution in [1.82, 2.24) is 14.7 Å². The molecule has 0 radical (unpaired) electrons. The third-order valence-electron chi connectivity index (χ3n) is 4.93. The lowest BCUT2D eigenvalue weighted by molar-refractivity contribution is -0.117. The molecule has 3 heterocycles. The molecule has 28 heavy (non-hydrogen) atoms. The molecule has 1 fully saturated rings. The Hall–Kier alpha value is -2.93. The first-order valence-corrected chi connectivity index (χ1v) is 9.47. The van der Waals surface area contributed by atoms with Gasteiger partial charge in [0, 0.05) is 37.0 Å². The number of rotatable bonds is 6. The lowest BCUT2D eigenvalue weighted by atomic mass is 9.92. The molecule has 1 aromatic carbocycles. The molecule has 1 aliphatic rings. The number of hydrogen-bond acceptors (Lipinski definition) is 4. The fourth-order valence-electron chi connectivity index (χ4n) is 3.40. The standard InChI is InChI=1S/C21H23FN4O2/c22-19-12-23-9-8-15(19)11-21(27)25-16-4-6-18(7-5-16)28-14-17-13-26-10-2-1-3-20(26)24-17/h1-7,10,13,15,19,23H,8-9,11-12,14H2,(H,25,27). The molecule has 146 valence electrons. The van der Waals surface area contributed by atoms with E-state index in [9.17, 15) is 9.18 Å². The summed E-state index contributed by atoms with van der Waals surface area (Å²) in [4.78, 5) is 16.7. The van der Waals surface area contributed by atoms with Crippen molar-refractivity contribution in [3.63, 3.8) is 0 Å². The van der Waals surface area contributed by atoms with Gasteiger partial charge in [-0.05, 0) is 49.4 Å². The van der Waals surface area contributed by atoms with Crippen LogP contribution in [-0.2, 0) is 11.4 Å². The SMILES string of the molecule is O=C(CC1CCNCC1F)Nc1ccc(OCc2cn3ccccc3n2)cc1. The first-order valence-electron chi connectivity index (χ1n) is 9.47. The maximum Gasteiger partial charge on any atom is 0.224 e. The average molecular weight is 382 g/mol. The predicted octanol–water partition coefficient (Wildman–Crippen LogP) is 3.19. The topological polar surface area (TPSA) is 67.7 Å². The maximum atomic E-state index is 13.8. The highest BCUT2D eigenvalue weighted by Gasteiger charge is 2.26. The summed E-state index contributed by atoms with van der Waals surface area (Å²) in [5, 5.41) is 5.83. The Balaban J connectivity index is 1.29. The van der Waals surface area contributed by atoms with Gasteiger partial charge in [-0.25, -0.2) is 9.37 Å². The van der Waals surface area contributed by atoms with Gasteiger partial charge >= 0.3 is 0 Å². The van der Waals surface area contributed by atoms with E-state index in [1.165, 1.54) is 0 Å². The zero-order chi connectivity index (χ0) is 19.3. The molecule has 0 spiro atoms. The van der Waals surface area contributed by atoms with E-state index in [0.29, 0.717) is 31.0 Å². The number of ether oxygens (including phenoxy) is 1. The third kappa shape index (κ3) is 4.48. The number of anilines is 1. The summed E-state index contributed by atoms with van der Waals surface area (Å²) in [5.41, 5.74) is 2.39. The summed E-state index contributed by atoms with van der Waals surface area (Å²) >= 11 is 0. The van der Waals surface area contributed by atoms with Crippen LogP contribution in [0.15, 0.2) is 54.9 Å². The lowest BCUT2D eigenvalue weighted by Gasteiger charge is -2.26. The Kier molecular flexibility index (Phi) is 5.53. The Morgan fingerprint density at radius 1 is 1.29 bits per heavy atom. The number of fused-ring (bicyclic) bond motifs is 1. The summed E-state index contributed by atoms with van der Waals surface area (Å²) in [5.74, 6) is 0.319.